The Balaban J connectivity index is 2.36. The maximum absolute atomic E-state index is 11.6. The van der Waals surface area contributed by atoms with Crippen LogP contribution in [0.2, 0.25) is 0 Å². The predicted molar refractivity (Wildman–Crippen MR) is 70.9 cm³/mol. The molecule has 0 saturated heterocycles. The highest BCUT2D eigenvalue weighted by Crippen LogP contribution is 2.17. The van der Waals surface area contributed by atoms with Crippen LogP contribution < -0.4 is 5.32 Å². The highest BCUT2D eigenvalue weighted by molar-refractivity contribution is 5.77. The van der Waals surface area contributed by atoms with E-state index in [9.17, 15) is 14.7 Å². The summed E-state index contributed by atoms with van der Waals surface area (Å²) in [5.41, 5.74) is 0.711. The van der Waals surface area contributed by atoms with Gasteiger partial charge in [-0.2, -0.15) is 0 Å². The van der Waals surface area contributed by atoms with E-state index < -0.39 is 11.9 Å². The Kier molecular flexibility index (Phi) is 5.85. The number of para-hydroxylation sites is 1. The van der Waals surface area contributed by atoms with Crippen LogP contribution in [-0.2, 0) is 16.0 Å². The van der Waals surface area contributed by atoms with Crippen LogP contribution in [0.5, 0.6) is 5.75 Å². The Hall–Kier alpha value is -2.04. The van der Waals surface area contributed by atoms with Crippen molar-refractivity contribution in [2.24, 2.45) is 5.92 Å². The maximum Gasteiger partial charge on any atom is 0.308 e. The third kappa shape index (κ3) is 4.99. The van der Waals surface area contributed by atoms with Crippen LogP contribution in [0, 0.1) is 5.92 Å². The summed E-state index contributed by atoms with van der Waals surface area (Å²) in [5, 5.41) is 21.0. The molecule has 0 spiro atoms. The molecule has 0 fully saturated rings. The Morgan fingerprint density at radius 3 is 2.58 bits per heavy atom. The first-order valence-electron chi connectivity index (χ1n) is 6.31. The van der Waals surface area contributed by atoms with Gasteiger partial charge in [-0.1, -0.05) is 25.1 Å². The number of nitrogens with one attached hydrogen (secondary N) is 1. The molecule has 19 heavy (non-hydrogen) atoms. The minimum atomic E-state index is -0.900. The van der Waals surface area contributed by atoms with Gasteiger partial charge in [-0.25, -0.2) is 0 Å². The normalized spacial score (nSPS) is 11.8. The fourth-order valence-electron chi connectivity index (χ4n) is 1.70. The lowest BCUT2D eigenvalue weighted by atomic mass is 10.1. The molecule has 0 heterocycles. The van der Waals surface area contributed by atoms with Crippen LogP contribution >= 0.6 is 0 Å². The van der Waals surface area contributed by atoms with E-state index in [1.165, 1.54) is 0 Å². The number of carbonyl (C=O) groups is 2. The molecule has 0 aliphatic heterocycles. The number of phenols is 1. The highest BCUT2D eigenvalue weighted by Gasteiger charge is 2.15. The van der Waals surface area contributed by atoms with Crippen molar-refractivity contribution in [2.75, 3.05) is 6.54 Å². The third-order valence-corrected chi connectivity index (χ3v) is 3.00. The van der Waals surface area contributed by atoms with Crippen molar-refractivity contribution < 1.29 is 19.8 Å². The number of hydrogen-bond donors (Lipinski definition) is 3. The molecule has 0 aliphatic carbocycles. The van der Waals surface area contributed by atoms with Gasteiger partial charge < -0.3 is 15.5 Å². The van der Waals surface area contributed by atoms with Gasteiger partial charge in [0.25, 0.3) is 0 Å². The minimum absolute atomic E-state index is 0.144. The van der Waals surface area contributed by atoms with Gasteiger partial charge in [0.2, 0.25) is 5.91 Å². The molecule has 104 valence electrons. The van der Waals surface area contributed by atoms with E-state index in [-0.39, 0.29) is 24.6 Å². The lowest BCUT2D eigenvalue weighted by Gasteiger charge is -2.11. The van der Waals surface area contributed by atoms with Gasteiger partial charge >= 0.3 is 5.97 Å². The first-order chi connectivity index (χ1) is 9.04. The largest absolute Gasteiger partial charge is 0.508 e. The summed E-state index contributed by atoms with van der Waals surface area (Å²) in [4.78, 5) is 22.4. The number of aryl methyl sites for hydroxylation is 1. The van der Waals surface area contributed by atoms with Crippen molar-refractivity contribution in [1.29, 1.82) is 0 Å². The van der Waals surface area contributed by atoms with E-state index in [4.69, 9.17) is 5.11 Å². The second-order valence-corrected chi connectivity index (χ2v) is 4.38. The van der Waals surface area contributed by atoms with Crippen LogP contribution in [0.15, 0.2) is 24.3 Å². The summed E-state index contributed by atoms with van der Waals surface area (Å²) in [6.45, 7) is 1.92. The molecule has 3 N–H and O–H groups in total. The van der Waals surface area contributed by atoms with Crippen molar-refractivity contribution in [1.82, 2.24) is 5.32 Å². The van der Waals surface area contributed by atoms with Gasteiger partial charge in [0.1, 0.15) is 5.75 Å². The standard InChI is InChI=1S/C14H19NO4/c1-2-10(14(18)19)9-15-13(17)8-7-11-5-3-4-6-12(11)16/h3-6,10,16H,2,7-9H2,1H3,(H,15,17)(H,18,19). The minimum Gasteiger partial charge on any atom is -0.508 e. The number of carboxylic acid groups (broad SMARTS) is 1. The topological polar surface area (TPSA) is 86.6 Å². The molecular formula is C14H19NO4. The molecule has 0 radical (unpaired) electrons. The molecule has 0 saturated carbocycles. The average molecular weight is 265 g/mol. The van der Waals surface area contributed by atoms with Crippen molar-refractivity contribution in [2.45, 2.75) is 26.2 Å². The summed E-state index contributed by atoms with van der Waals surface area (Å²) in [6.07, 6.45) is 1.14. The van der Waals surface area contributed by atoms with E-state index in [0.717, 1.165) is 0 Å². The number of benzene rings is 1. The second-order valence-electron chi connectivity index (χ2n) is 4.38. The summed E-state index contributed by atoms with van der Waals surface area (Å²) < 4.78 is 0. The van der Waals surface area contributed by atoms with Crippen LogP contribution in [0.25, 0.3) is 0 Å². The molecule has 0 aromatic heterocycles. The van der Waals surface area contributed by atoms with Crippen molar-refractivity contribution in [3.63, 3.8) is 0 Å². The Morgan fingerprint density at radius 2 is 2.00 bits per heavy atom. The number of aromatic hydroxyl groups is 1. The fraction of sp³-hybridized carbons (Fsp3) is 0.429. The zero-order valence-corrected chi connectivity index (χ0v) is 10.9. The van der Waals surface area contributed by atoms with E-state index >= 15 is 0 Å². The van der Waals surface area contributed by atoms with Gasteiger partial charge in [0.15, 0.2) is 0 Å². The van der Waals surface area contributed by atoms with Crippen LogP contribution in [0.3, 0.4) is 0 Å². The lowest BCUT2D eigenvalue weighted by Crippen LogP contribution is -2.32. The molecule has 1 aromatic rings. The van der Waals surface area contributed by atoms with Crippen LogP contribution in [0.4, 0.5) is 0 Å². The van der Waals surface area contributed by atoms with E-state index in [0.29, 0.717) is 18.4 Å². The quantitative estimate of drug-likeness (QED) is 0.698. The highest BCUT2D eigenvalue weighted by atomic mass is 16.4. The van der Waals surface area contributed by atoms with Crippen molar-refractivity contribution in [3.8, 4) is 5.75 Å². The van der Waals surface area contributed by atoms with Crippen molar-refractivity contribution in [3.05, 3.63) is 29.8 Å². The van der Waals surface area contributed by atoms with Crippen molar-refractivity contribution >= 4 is 11.9 Å². The van der Waals surface area contributed by atoms with Crippen LogP contribution in [0.1, 0.15) is 25.3 Å². The van der Waals surface area contributed by atoms with E-state index in [2.05, 4.69) is 5.32 Å². The zero-order chi connectivity index (χ0) is 14.3. The molecule has 1 aromatic carbocycles. The Labute approximate surface area is 112 Å². The smallest absolute Gasteiger partial charge is 0.308 e. The number of carboxylic acids is 1. The van der Waals surface area contributed by atoms with Crippen LogP contribution in [-0.4, -0.2) is 28.6 Å². The molecule has 1 unspecified atom stereocenters. The average Bonchev–Trinajstić information content (AvgIpc) is 2.38. The molecule has 1 atom stereocenters. The number of hydrogen-bond acceptors (Lipinski definition) is 3. The predicted octanol–water partition coefficient (Wildman–Crippen LogP) is 1.55. The molecule has 0 bridgehead atoms. The number of aliphatic carboxylic acids is 1. The SMILES string of the molecule is CCC(CNC(=O)CCc1ccccc1O)C(=O)O. The zero-order valence-electron chi connectivity index (χ0n) is 10.9. The second kappa shape index (κ2) is 7.41. The fourth-order valence-corrected chi connectivity index (χ4v) is 1.70. The summed E-state index contributed by atoms with van der Waals surface area (Å²) in [6, 6.07) is 6.85. The maximum atomic E-state index is 11.6. The molecule has 1 rings (SSSR count). The number of rotatable bonds is 7. The van der Waals surface area contributed by atoms with E-state index in [1.54, 1.807) is 31.2 Å². The van der Waals surface area contributed by atoms with Gasteiger partial charge in [-0.05, 0) is 24.5 Å². The first kappa shape index (κ1) is 15.0. The number of phenolic OH excluding ortho intramolecular Hbond substituents is 1. The summed E-state index contributed by atoms with van der Waals surface area (Å²) in [5.74, 6) is -1.48. The van der Waals surface area contributed by atoms with Gasteiger partial charge in [0, 0.05) is 13.0 Å². The molecule has 0 aliphatic rings. The van der Waals surface area contributed by atoms with E-state index in [1.807, 2.05) is 0 Å². The first-order valence-corrected chi connectivity index (χ1v) is 6.31. The van der Waals surface area contributed by atoms with Gasteiger partial charge in [0.05, 0.1) is 5.92 Å². The lowest BCUT2D eigenvalue weighted by molar-refractivity contribution is -0.141. The summed E-state index contributed by atoms with van der Waals surface area (Å²) in [7, 11) is 0. The number of amides is 1. The molecule has 5 heteroatoms. The molecule has 1 amide bonds. The molecule has 5 nitrogen and oxygen atoms in total. The third-order valence-electron chi connectivity index (χ3n) is 3.00. The Bertz CT molecular complexity index is 445. The van der Waals surface area contributed by atoms with Gasteiger partial charge in [-0.15, -0.1) is 0 Å². The Morgan fingerprint density at radius 1 is 1.32 bits per heavy atom. The monoisotopic (exact) mass is 265 g/mol. The molecular weight excluding hydrogens is 246 g/mol. The summed E-state index contributed by atoms with van der Waals surface area (Å²) >= 11 is 0. The van der Waals surface area contributed by atoms with Gasteiger partial charge in [-0.3, -0.25) is 9.59 Å². The number of carbonyl (C=O) groups excluding carboxylic acids is 1.